The van der Waals surface area contributed by atoms with Crippen LogP contribution in [0.25, 0.3) is 0 Å². The number of likely N-dealkylation sites (tertiary alicyclic amines) is 1. The first-order chi connectivity index (χ1) is 14.9. The van der Waals surface area contributed by atoms with Crippen LogP contribution >= 0.6 is 23.4 Å². The first kappa shape index (κ1) is 22.6. The number of sulfonamides is 1. The third-order valence-electron chi connectivity index (χ3n) is 5.74. The number of hydrogen-bond acceptors (Lipinski definition) is 5. The molecule has 4 rings (SSSR count). The van der Waals surface area contributed by atoms with Crippen molar-refractivity contribution in [1.82, 2.24) is 9.62 Å². The van der Waals surface area contributed by atoms with E-state index in [2.05, 4.69) is 14.9 Å². The molecule has 0 unspecified atom stereocenters. The fraction of sp³-hybridized carbons (Fsp3) is 0.409. The molecule has 0 atom stereocenters. The van der Waals surface area contributed by atoms with E-state index in [1.807, 2.05) is 24.3 Å². The lowest BCUT2D eigenvalue weighted by Gasteiger charge is -2.32. The van der Waals surface area contributed by atoms with Gasteiger partial charge in [-0.25, -0.2) is 13.1 Å². The fourth-order valence-corrected chi connectivity index (χ4v) is 6.17. The van der Waals surface area contributed by atoms with Crippen molar-refractivity contribution < 1.29 is 13.2 Å². The number of nitrogens with one attached hydrogen (secondary N) is 2. The maximum absolute atomic E-state index is 12.8. The summed E-state index contributed by atoms with van der Waals surface area (Å²) < 4.78 is 28.4. The zero-order chi connectivity index (χ0) is 21.8. The maximum atomic E-state index is 12.8. The molecule has 6 nitrogen and oxygen atoms in total. The fourth-order valence-electron chi connectivity index (χ4n) is 3.89. The van der Waals surface area contributed by atoms with Gasteiger partial charge in [0.25, 0.3) is 0 Å². The number of anilines is 1. The molecule has 0 saturated carbocycles. The van der Waals surface area contributed by atoms with Crippen LogP contribution in [-0.2, 0) is 21.4 Å². The van der Waals surface area contributed by atoms with E-state index in [1.54, 1.807) is 30.0 Å². The summed E-state index contributed by atoms with van der Waals surface area (Å²) in [6, 6.07) is 12.8. The minimum atomic E-state index is -3.63. The smallest absolute Gasteiger partial charge is 0.240 e. The molecule has 1 amide bonds. The van der Waals surface area contributed by atoms with Crippen LogP contribution in [0.5, 0.6) is 0 Å². The summed E-state index contributed by atoms with van der Waals surface area (Å²) in [6.07, 6.45) is 2.29. The highest BCUT2D eigenvalue weighted by Gasteiger charge is 2.23. The topological polar surface area (TPSA) is 78.5 Å². The third-order valence-corrected chi connectivity index (χ3v) is 8.61. The Labute approximate surface area is 192 Å². The summed E-state index contributed by atoms with van der Waals surface area (Å²) in [4.78, 5) is 15.2. The Bertz CT molecular complexity index is 1050. The van der Waals surface area contributed by atoms with Crippen LogP contribution in [0.2, 0.25) is 5.02 Å². The lowest BCUT2D eigenvalue weighted by atomic mass is 9.97. The Balaban J connectivity index is 1.31. The largest absolute Gasteiger partial charge is 0.325 e. The number of carbonyl (C=O) groups excluding carboxylic acids is 1. The first-order valence-corrected chi connectivity index (χ1v) is 13.3. The van der Waals surface area contributed by atoms with Crippen LogP contribution in [0.3, 0.4) is 0 Å². The second kappa shape index (κ2) is 9.92. The number of hydrogen-bond donors (Lipinski definition) is 2. The summed E-state index contributed by atoms with van der Waals surface area (Å²) in [6.45, 7) is 3.07. The van der Waals surface area contributed by atoms with Gasteiger partial charge in [-0.05, 0) is 61.7 Å². The minimum absolute atomic E-state index is 0.0858. The predicted molar refractivity (Wildman–Crippen MR) is 125 cm³/mol. The Morgan fingerprint density at radius 2 is 1.94 bits per heavy atom. The van der Waals surface area contributed by atoms with Crippen LogP contribution in [0.4, 0.5) is 5.69 Å². The third kappa shape index (κ3) is 5.81. The van der Waals surface area contributed by atoms with Gasteiger partial charge in [-0.15, -0.1) is 11.8 Å². The van der Waals surface area contributed by atoms with Crippen LogP contribution < -0.4 is 10.0 Å². The van der Waals surface area contributed by atoms with Gasteiger partial charge in [-0.1, -0.05) is 29.8 Å². The van der Waals surface area contributed by atoms with Crippen molar-refractivity contribution in [2.24, 2.45) is 5.92 Å². The molecule has 2 aliphatic heterocycles. The number of halogens is 1. The normalized spacial score (nSPS) is 18.3. The van der Waals surface area contributed by atoms with E-state index in [0.29, 0.717) is 30.3 Å². The summed E-state index contributed by atoms with van der Waals surface area (Å²) in [5.74, 6) is 0.906. The molecule has 0 aromatic heterocycles. The van der Waals surface area contributed by atoms with Gasteiger partial charge in [0.2, 0.25) is 15.9 Å². The van der Waals surface area contributed by atoms with Crippen molar-refractivity contribution in [1.29, 1.82) is 0 Å². The Kier molecular flexibility index (Phi) is 7.23. The molecule has 31 heavy (non-hydrogen) atoms. The highest BCUT2D eigenvalue weighted by atomic mass is 35.5. The predicted octanol–water partition coefficient (Wildman–Crippen LogP) is 3.96. The molecule has 2 aromatic rings. The van der Waals surface area contributed by atoms with Gasteiger partial charge < -0.3 is 5.32 Å². The van der Waals surface area contributed by atoms with E-state index in [0.717, 1.165) is 48.0 Å². The highest BCUT2D eigenvalue weighted by Crippen LogP contribution is 2.32. The van der Waals surface area contributed by atoms with Crippen molar-refractivity contribution >= 4 is 45.0 Å². The average Bonchev–Trinajstić information content (AvgIpc) is 2.95. The van der Waals surface area contributed by atoms with Gasteiger partial charge in [-0.2, -0.15) is 0 Å². The maximum Gasteiger partial charge on any atom is 0.240 e. The summed E-state index contributed by atoms with van der Waals surface area (Å²) in [5, 5.41) is 3.59. The summed E-state index contributed by atoms with van der Waals surface area (Å²) in [5.41, 5.74) is 1.69. The molecule has 0 aliphatic carbocycles. The molecular formula is C22H26ClN3O3S2. The molecule has 0 spiro atoms. The summed E-state index contributed by atoms with van der Waals surface area (Å²) in [7, 11) is -3.63. The number of benzene rings is 2. The number of fused-ring (bicyclic) bond motifs is 1. The van der Waals surface area contributed by atoms with Crippen molar-refractivity contribution in [3.63, 3.8) is 0 Å². The lowest BCUT2D eigenvalue weighted by molar-refractivity contribution is -0.115. The van der Waals surface area contributed by atoms with E-state index in [-0.39, 0.29) is 10.8 Å². The molecule has 2 N–H and O–H groups in total. The Morgan fingerprint density at radius 3 is 2.71 bits per heavy atom. The molecule has 1 fully saturated rings. The Hall–Kier alpha value is -1.58. The van der Waals surface area contributed by atoms with E-state index >= 15 is 0 Å². The number of amides is 1. The average molecular weight is 480 g/mol. The van der Waals surface area contributed by atoms with Gasteiger partial charge in [0.15, 0.2) is 0 Å². The number of piperidine rings is 1. The molecule has 9 heteroatoms. The van der Waals surface area contributed by atoms with Crippen molar-refractivity contribution in [2.45, 2.75) is 35.6 Å². The van der Waals surface area contributed by atoms with Gasteiger partial charge in [0.05, 0.1) is 10.6 Å². The van der Waals surface area contributed by atoms with Gasteiger partial charge in [-0.3, -0.25) is 9.69 Å². The monoisotopic (exact) mass is 479 g/mol. The van der Waals surface area contributed by atoms with Crippen molar-refractivity contribution in [2.75, 3.05) is 30.7 Å². The standard InChI is InChI=1S/C22H26ClN3O3S2/c23-19-4-2-1-3-17(19)15-26-10-7-16(8-11-26)14-24-31(28,29)18-5-6-21-20(13-18)25-22(27)9-12-30-21/h1-6,13,16,24H,7-12,14-15H2,(H,25,27). The van der Waals surface area contributed by atoms with E-state index in [4.69, 9.17) is 11.6 Å². The second-order valence-corrected chi connectivity index (χ2v) is 11.3. The SMILES string of the molecule is O=C1CCSc2ccc(S(=O)(=O)NCC3CCN(Cc4ccccc4Cl)CC3)cc2N1. The van der Waals surface area contributed by atoms with Gasteiger partial charge in [0.1, 0.15) is 0 Å². The zero-order valence-electron chi connectivity index (χ0n) is 17.1. The highest BCUT2D eigenvalue weighted by molar-refractivity contribution is 7.99. The quantitative estimate of drug-likeness (QED) is 0.655. The summed E-state index contributed by atoms with van der Waals surface area (Å²) >= 11 is 7.82. The first-order valence-electron chi connectivity index (χ1n) is 10.4. The van der Waals surface area contributed by atoms with E-state index < -0.39 is 10.0 Å². The van der Waals surface area contributed by atoms with Crippen LogP contribution in [-0.4, -0.2) is 44.6 Å². The zero-order valence-corrected chi connectivity index (χ0v) is 19.5. The number of thioether (sulfide) groups is 1. The molecular weight excluding hydrogens is 454 g/mol. The van der Waals surface area contributed by atoms with Crippen molar-refractivity contribution in [3.8, 4) is 0 Å². The van der Waals surface area contributed by atoms with E-state index in [9.17, 15) is 13.2 Å². The molecule has 0 bridgehead atoms. The molecule has 2 heterocycles. The van der Waals surface area contributed by atoms with Gasteiger partial charge >= 0.3 is 0 Å². The second-order valence-electron chi connectivity index (χ2n) is 7.97. The lowest BCUT2D eigenvalue weighted by Crippen LogP contribution is -2.38. The molecule has 166 valence electrons. The van der Waals surface area contributed by atoms with Crippen LogP contribution in [0, 0.1) is 5.92 Å². The van der Waals surface area contributed by atoms with Gasteiger partial charge in [0, 0.05) is 35.2 Å². The molecule has 2 aliphatic rings. The number of carbonyl (C=O) groups is 1. The molecule has 1 saturated heterocycles. The molecule has 2 aromatic carbocycles. The van der Waals surface area contributed by atoms with Crippen LogP contribution in [0.1, 0.15) is 24.8 Å². The van der Waals surface area contributed by atoms with Crippen molar-refractivity contribution in [3.05, 3.63) is 53.1 Å². The Morgan fingerprint density at radius 1 is 1.16 bits per heavy atom. The van der Waals surface area contributed by atoms with E-state index in [1.165, 1.54) is 0 Å². The molecule has 0 radical (unpaired) electrons. The minimum Gasteiger partial charge on any atom is -0.325 e. The van der Waals surface area contributed by atoms with Crippen LogP contribution in [0.15, 0.2) is 52.3 Å². The number of rotatable bonds is 6. The number of nitrogens with zero attached hydrogens (tertiary/aromatic N) is 1.